The minimum absolute atomic E-state index is 0.142. The molecule has 0 radical (unpaired) electrons. The summed E-state index contributed by atoms with van der Waals surface area (Å²) in [6.45, 7) is 3.90. The Hall–Kier alpha value is -1.31. The standard InChI is InChI=1S/C11H15NO/c1-3-5-10(13)9-7-4-6-8(2)11(9)12/h4,6-7H,3,5,12H2,1-2H3. The highest BCUT2D eigenvalue weighted by atomic mass is 16.1. The number of aryl methyl sites for hydroxylation is 1. The van der Waals surface area contributed by atoms with E-state index in [0.29, 0.717) is 17.7 Å². The van der Waals surface area contributed by atoms with E-state index < -0.39 is 0 Å². The van der Waals surface area contributed by atoms with Crippen LogP contribution in [0.2, 0.25) is 0 Å². The van der Waals surface area contributed by atoms with Crippen molar-refractivity contribution in [2.75, 3.05) is 5.73 Å². The van der Waals surface area contributed by atoms with Crippen LogP contribution in [0, 0.1) is 6.92 Å². The van der Waals surface area contributed by atoms with Gasteiger partial charge in [-0.15, -0.1) is 0 Å². The van der Waals surface area contributed by atoms with Crippen molar-refractivity contribution in [3.8, 4) is 0 Å². The van der Waals surface area contributed by atoms with Crippen molar-refractivity contribution in [3.63, 3.8) is 0 Å². The number of Topliss-reactive ketones (excluding diaryl/α,β-unsaturated/α-hetero) is 1. The van der Waals surface area contributed by atoms with Gasteiger partial charge in [0.15, 0.2) is 5.78 Å². The van der Waals surface area contributed by atoms with Crippen LogP contribution < -0.4 is 5.73 Å². The van der Waals surface area contributed by atoms with E-state index in [1.807, 2.05) is 26.0 Å². The van der Waals surface area contributed by atoms with Gasteiger partial charge in [-0.2, -0.15) is 0 Å². The van der Waals surface area contributed by atoms with Crippen LogP contribution in [0.4, 0.5) is 5.69 Å². The Kier molecular flexibility index (Phi) is 3.07. The van der Waals surface area contributed by atoms with Crippen molar-refractivity contribution < 1.29 is 4.79 Å². The molecule has 0 bridgehead atoms. The highest BCUT2D eigenvalue weighted by Crippen LogP contribution is 2.18. The number of rotatable bonds is 3. The third kappa shape index (κ3) is 2.08. The maximum absolute atomic E-state index is 11.5. The molecule has 0 aliphatic rings. The van der Waals surface area contributed by atoms with E-state index in [4.69, 9.17) is 5.73 Å². The second kappa shape index (κ2) is 4.08. The monoisotopic (exact) mass is 177 g/mol. The van der Waals surface area contributed by atoms with Gasteiger partial charge in [-0.25, -0.2) is 0 Å². The van der Waals surface area contributed by atoms with E-state index in [2.05, 4.69) is 0 Å². The first kappa shape index (κ1) is 9.78. The molecule has 0 aliphatic heterocycles. The van der Waals surface area contributed by atoms with Gasteiger partial charge >= 0.3 is 0 Å². The van der Waals surface area contributed by atoms with E-state index in [1.54, 1.807) is 6.07 Å². The first-order chi connectivity index (χ1) is 6.16. The molecule has 1 rings (SSSR count). The Morgan fingerprint density at radius 2 is 2.15 bits per heavy atom. The largest absolute Gasteiger partial charge is 0.398 e. The quantitative estimate of drug-likeness (QED) is 0.569. The molecule has 0 saturated carbocycles. The number of anilines is 1. The minimum atomic E-state index is 0.142. The molecule has 0 heterocycles. The zero-order chi connectivity index (χ0) is 9.84. The number of hydrogen-bond acceptors (Lipinski definition) is 2. The fourth-order valence-corrected chi connectivity index (χ4v) is 1.29. The zero-order valence-corrected chi connectivity index (χ0v) is 8.13. The molecule has 1 aromatic carbocycles. The molecule has 70 valence electrons. The lowest BCUT2D eigenvalue weighted by molar-refractivity contribution is 0.0982. The van der Waals surface area contributed by atoms with Crippen LogP contribution in [-0.2, 0) is 0 Å². The summed E-state index contributed by atoms with van der Waals surface area (Å²) in [6, 6.07) is 5.58. The number of ketones is 1. The molecule has 2 N–H and O–H groups in total. The van der Waals surface area contributed by atoms with Gasteiger partial charge in [0.2, 0.25) is 0 Å². The van der Waals surface area contributed by atoms with Gasteiger partial charge in [0.1, 0.15) is 0 Å². The van der Waals surface area contributed by atoms with Crippen LogP contribution in [0.1, 0.15) is 35.7 Å². The van der Waals surface area contributed by atoms with E-state index in [9.17, 15) is 4.79 Å². The zero-order valence-electron chi connectivity index (χ0n) is 8.13. The Morgan fingerprint density at radius 3 is 2.77 bits per heavy atom. The maximum Gasteiger partial charge on any atom is 0.164 e. The Bertz CT molecular complexity index is 318. The molecule has 0 spiro atoms. The van der Waals surface area contributed by atoms with Gasteiger partial charge < -0.3 is 5.73 Å². The van der Waals surface area contributed by atoms with Crippen LogP contribution >= 0.6 is 0 Å². The lowest BCUT2D eigenvalue weighted by Gasteiger charge is -2.05. The highest BCUT2D eigenvalue weighted by Gasteiger charge is 2.08. The van der Waals surface area contributed by atoms with Crippen LogP contribution in [0.5, 0.6) is 0 Å². The molecule has 0 saturated heterocycles. The summed E-state index contributed by atoms with van der Waals surface area (Å²) in [5.41, 5.74) is 8.06. The summed E-state index contributed by atoms with van der Waals surface area (Å²) < 4.78 is 0. The number of nitrogen functional groups attached to an aromatic ring is 1. The molecule has 0 amide bonds. The normalized spacial score (nSPS) is 10.0. The van der Waals surface area contributed by atoms with Gasteiger partial charge in [0, 0.05) is 17.7 Å². The predicted molar refractivity (Wildman–Crippen MR) is 54.8 cm³/mol. The second-order valence-electron chi connectivity index (χ2n) is 3.21. The second-order valence-corrected chi connectivity index (χ2v) is 3.21. The highest BCUT2D eigenvalue weighted by molar-refractivity contribution is 6.01. The summed E-state index contributed by atoms with van der Waals surface area (Å²) in [5.74, 6) is 0.142. The van der Waals surface area contributed by atoms with Crippen molar-refractivity contribution in [1.82, 2.24) is 0 Å². The molecular formula is C11H15NO. The van der Waals surface area contributed by atoms with Gasteiger partial charge in [0.25, 0.3) is 0 Å². The molecule has 0 fully saturated rings. The SMILES string of the molecule is CCCC(=O)c1cccc(C)c1N. The molecule has 0 unspecified atom stereocenters. The van der Waals surface area contributed by atoms with E-state index in [0.717, 1.165) is 12.0 Å². The molecule has 0 aromatic heterocycles. The van der Waals surface area contributed by atoms with E-state index in [-0.39, 0.29) is 5.78 Å². The predicted octanol–water partition coefficient (Wildman–Crippen LogP) is 2.56. The van der Waals surface area contributed by atoms with Crippen LogP contribution in [0.25, 0.3) is 0 Å². The molecule has 0 aliphatic carbocycles. The fraction of sp³-hybridized carbons (Fsp3) is 0.364. The van der Waals surface area contributed by atoms with Crippen LogP contribution in [0.15, 0.2) is 18.2 Å². The molecule has 1 aromatic rings. The third-order valence-electron chi connectivity index (χ3n) is 2.10. The summed E-state index contributed by atoms with van der Waals surface area (Å²) >= 11 is 0. The number of carbonyl (C=O) groups excluding carboxylic acids is 1. The number of nitrogens with two attached hydrogens (primary N) is 1. The topological polar surface area (TPSA) is 43.1 Å². The Labute approximate surface area is 78.8 Å². The first-order valence-corrected chi connectivity index (χ1v) is 4.55. The number of benzene rings is 1. The van der Waals surface area contributed by atoms with Crippen molar-refractivity contribution in [2.45, 2.75) is 26.7 Å². The van der Waals surface area contributed by atoms with Crippen molar-refractivity contribution in [1.29, 1.82) is 0 Å². The smallest absolute Gasteiger partial charge is 0.164 e. The fourth-order valence-electron chi connectivity index (χ4n) is 1.29. The van der Waals surface area contributed by atoms with E-state index >= 15 is 0 Å². The Morgan fingerprint density at radius 1 is 1.46 bits per heavy atom. The van der Waals surface area contributed by atoms with Gasteiger partial charge in [-0.1, -0.05) is 19.1 Å². The Balaban J connectivity index is 3.01. The molecule has 2 heteroatoms. The summed E-state index contributed by atoms with van der Waals surface area (Å²) in [6.07, 6.45) is 1.44. The molecule has 13 heavy (non-hydrogen) atoms. The van der Waals surface area contributed by atoms with Crippen LogP contribution in [0.3, 0.4) is 0 Å². The summed E-state index contributed by atoms with van der Waals surface area (Å²) in [7, 11) is 0. The van der Waals surface area contributed by atoms with E-state index in [1.165, 1.54) is 0 Å². The summed E-state index contributed by atoms with van der Waals surface area (Å²) in [5, 5.41) is 0. The average Bonchev–Trinajstić information content (AvgIpc) is 2.10. The van der Waals surface area contributed by atoms with Gasteiger partial charge in [0.05, 0.1) is 0 Å². The number of hydrogen-bond donors (Lipinski definition) is 1. The molecule has 2 nitrogen and oxygen atoms in total. The number of para-hydroxylation sites is 1. The first-order valence-electron chi connectivity index (χ1n) is 4.55. The maximum atomic E-state index is 11.5. The lowest BCUT2D eigenvalue weighted by Crippen LogP contribution is -2.04. The van der Waals surface area contributed by atoms with Crippen molar-refractivity contribution in [2.24, 2.45) is 0 Å². The molecular weight excluding hydrogens is 162 g/mol. The molecule has 0 atom stereocenters. The van der Waals surface area contributed by atoms with Gasteiger partial charge in [-0.3, -0.25) is 4.79 Å². The van der Waals surface area contributed by atoms with Gasteiger partial charge in [-0.05, 0) is 25.0 Å². The average molecular weight is 177 g/mol. The minimum Gasteiger partial charge on any atom is -0.398 e. The number of carbonyl (C=O) groups is 1. The van der Waals surface area contributed by atoms with Crippen LogP contribution in [-0.4, -0.2) is 5.78 Å². The summed E-state index contributed by atoms with van der Waals surface area (Å²) in [4.78, 5) is 11.5. The third-order valence-corrected chi connectivity index (χ3v) is 2.10. The lowest BCUT2D eigenvalue weighted by atomic mass is 10.0. The van der Waals surface area contributed by atoms with Crippen molar-refractivity contribution in [3.05, 3.63) is 29.3 Å². The van der Waals surface area contributed by atoms with Crippen molar-refractivity contribution >= 4 is 11.5 Å².